The summed E-state index contributed by atoms with van der Waals surface area (Å²) in [5.74, 6) is 2.84. The van der Waals surface area contributed by atoms with Crippen molar-refractivity contribution in [3.8, 4) is 17.2 Å². The van der Waals surface area contributed by atoms with Gasteiger partial charge in [0.25, 0.3) is 0 Å². The molecule has 0 radical (unpaired) electrons. The van der Waals surface area contributed by atoms with Gasteiger partial charge in [0, 0.05) is 32.2 Å². The summed E-state index contributed by atoms with van der Waals surface area (Å²) in [5.41, 5.74) is 1.61. The standard InChI is InChI=1S/C21H25N3O4S/c1-15(2)29(25,26)24-12-10-23(11-13-24)21-17-9-8-16(27-3)14-20(17)28-19-7-5-4-6-18(19)22-21/h4-9,14-15H,10-13H2,1-3H3. The summed E-state index contributed by atoms with van der Waals surface area (Å²) in [6.07, 6.45) is 0. The second-order valence-electron chi connectivity index (χ2n) is 7.35. The first kappa shape index (κ1) is 19.7. The van der Waals surface area contributed by atoms with E-state index < -0.39 is 15.3 Å². The van der Waals surface area contributed by atoms with Gasteiger partial charge in [-0.15, -0.1) is 0 Å². The molecule has 0 spiro atoms. The van der Waals surface area contributed by atoms with Crippen molar-refractivity contribution in [1.29, 1.82) is 0 Å². The summed E-state index contributed by atoms with van der Waals surface area (Å²) in [6.45, 7) is 5.45. The third-order valence-corrected chi connectivity index (χ3v) is 7.51. The molecule has 0 N–H and O–H groups in total. The SMILES string of the molecule is COc1ccc2c(c1)Oc1ccccc1N=C2N1CCN(S(=O)(=O)C(C)C)CC1. The van der Waals surface area contributed by atoms with Gasteiger partial charge in [0.1, 0.15) is 23.0 Å². The molecule has 2 aliphatic rings. The highest BCUT2D eigenvalue weighted by atomic mass is 32.2. The number of ether oxygens (including phenoxy) is 2. The average Bonchev–Trinajstić information content (AvgIpc) is 2.89. The van der Waals surface area contributed by atoms with Crippen LogP contribution in [0, 0.1) is 0 Å². The van der Waals surface area contributed by atoms with E-state index in [-0.39, 0.29) is 0 Å². The zero-order chi connectivity index (χ0) is 20.6. The summed E-state index contributed by atoms with van der Waals surface area (Å²) < 4.78 is 38.1. The molecule has 8 heteroatoms. The van der Waals surface area contributed by atoms with Crippen LogP contribution in [0.4, 0.5) is 5.69 Å². The molecule has 2 aromatic rings. The van der Waals surface area contributed by atoms with E-state index >= 15 is 0 Å². The number of rotatable bonds is 3. The van der Waals surface area contributed by atoms with Crippen molar-refractivity contribution in [1.82, 2.24) is 9.21 Å². The Morgan fingerprint density at radius 2 is 1.76 bits per heavy atom. The van der Waals surface area contributed by atoms with Crippen molar-refractivity contribution in [3.63, 3.8) is 0 Å². The molecule has 2 aromatic carbocycles. The third kappa shape index (κ3) is 3.70. The first-order valence-electron chi connectivity index (χ1n) is 9.68. The maximum absolute atomic E-state index is 12.5. The van der Waals surface area contributed by atoms with E-state index in [1.807, 2.05) is 42.5 Å². The summed E-state index contributed by atoms with van der Waals surface area (Å²) in [7, 11) is -1.63. The molecule has 7 nitrogen and oxygen atoms in total. The van der Waals surface area contributed by atoms with Crippen LogP contribution in [0.2, 0.25) is 0 Å². The zero-order valence-electron chi connectivity index (χ0n) is 16.8. The lowest BCUT2D eigenvalue weighted by molar-refractivity contribution is 0.265. The van der Waals surface area contributed by atoms with Crippen molar-refractivity contribution < 1.29 is 17.9 Å². The van der Waals surface area contributed by atoms with Crippen LogP contribution in [0.15, 0.2) is 47.5 Å². The van der Waals surface area contributed by atoms with Crippen LogP contribution in [0.1, 0.15) is 19.4 Å². The van der Waals surface area contributed by atoms with Crippen LogP contribution in [-0.4, -0.2) is 62.0 Å². The van der Waals surface area contributed by atoms with Gasteiger partial charge < -0.3 is 14.4 Å². The normalized spacial score (nSPS) is 17.1. The van der Waals surface area contributed by atoms with Crippen LogP contribution in [0.25, 0.3) is 0 Å². The fourth-order valence-corrected chi connectivity index (χ4v) is 4.79. The summed E-state index contributed by atoms with van der Waals surface area (Å²) >= 11 is 0. The minimum Gasteiger partial charge on any atom is -0.497 e. The van der Waals surface area contributed by atoms with Crippen molar-refractivity contribution in [2.45, 2.75) is 19.1 Å². The molecule has 1 fully saturated rings. The monoisotopic (exact) mass is 415 g/mol. The Labute approximate surface area is 171 Å². The number of aliphatic imine (C=N–C) groups is 1. The number of methoxy groups -OCH3 is 1. The number of amidine groups is 1. The fraction of sp³-hybridized carbons (Fsp3) is 0.381. The van der Waals surface area contributed by atoms with Crippen LogP contribution in [0.5, 0.6) is 17.2 Å². The first-order chi connectivity index (χ1) is 13.9. The lowest BCUT2D eigenvalue weighted by Gasteiger charge is -2.36. The molecule has 2 heterocycles. The maximum Gasteiger partial charge on any atom is 0.216 e. The Kier molecular flexibility index (Phi) is 5.23. The molecule has 0 atom stereocenters. The summed E-state index contributed by atoms with van der Waals surface area (Å²) in [6, 6.07) is 13.3. The van der Waals surface area contributed by atoms with Crippen LogP contribution in [-0.2, 0) is 10.0 Å². The van der Waals surface area contributed by atoms with Crippen LogP contribution >= 0.6 is 0 Å². The quantitative estimate of drug-likeness (QED) is 0.770. The Morgan fingerprint density at radius 1 is 1.03 bits per heavy atom. The lowest BCUT2D eigenvalue weighted by atomic mass is 10.1. The molecule has 0 saturated carbocycles. The van der Waals surface area contributed by atoms with E-state index in [2.05, 4.69) is 4.90 Å². The number of benzene rings is 2. The second kappa shape index (κ2) is 7.68. The van der Waals surface area contributed by atoms with Gasteiger partial charge in [-0.2, -0.15) is 4.31 Å². The smallest absolute Gasteiger partial charge is 0.216 e. The molecule has 0 aromatic heterocycles. The highest BCUT2D eigenvalue weighted by Crippen LogP contribution is 2.39. The molecule has 0 unspecified atom stereocenters. The lowest BCUT2D eigenvalue weighted by Crippen LogP contribution is -2.52. The Morgan fingerprint density at radius 3 is 2.45 bits per heavy atom. The molecule has 0 bridgehead atoms. The third-order valence-electron chi connectivity index (χ3n) is 5.23. The molecule has 0 aliphatic carbocycles. The van der Waals surface area contributed by atoms with Gasteiger partial charge in [-0.25, -0.2) is 13.4 Å². The molecule has 154 valence electrons. The molecule has 29 heavy (non-hydrogen) atoms. The summed E-state index contributed by atoms with van der Waals surface area (Å²) in [5, 5.41) is -0.419. The van der Waals surface area contributed by atoms with E-state index in [9.17, 15) is 8.42 Å². The van der Waals surface area contributed by atoms with Crippen molar-refractivity contribution in [3.05, 3.63) is 48.0 Å². The van der Waals surface area contributed by atoms with Crippen molar-refractivity contribution >= 4 is 21.5 Å². The number of nitrogens with zero attached hydrogens (tertiary/aromatic N) is 3. The molecular formula is C21H25N3O4S. The van der Waals surface area contributed by atoms with E-state index in [1.165, 1.54) is 0 Å². The Bertz CT molecular complexity index is 1040. The number of sulfonamides is 1. The van der Waals surface area contributed by atoms with Gasteiger partial charge in [0.05, 0.1) is 17.9 Å². The summed E-state index contributed by atoms with van der Waals surface area (Å²) in [4.78, 5) is 7.02. The van der Waals surface area contributed by atoms with E-state index in [0.29, 0.717) is 43.4 Å². The van der Waals surface area contributed by atoms with Gasteiger partial charge in [0.15, 0.2) is 5.75 Å². The molecule has 0 amide bonds. The largest absolute Gasteiger partial charge is 0.497 e. The number of para-hydroxylation sites is 2. The predicted octanol–water partition coefficient (Wildman–Crippen LogP) is 3.24. The highest BCUT2D eigenvalue weighted by Gasteiger charge is 2.32. The number of fused-ring (bicyclic) bond motifs is 2. The van der Waals surface area contributed by atoms with E-state index in [0.717, 1.165) is 17.1 Å². The van der Waals surface area contributed by atoms with Gasteiger partial charge in [-0.3, -0.25) is 0 Å². The maximum atomic E-state index is 12.5. The van der Waals surface area contributed by atoms with E-state index in [1.54, 1.807) is 25.3 Å². The first-order valence-corrected chi connectivity index (χ1v) is 11.2. The molecule has 4 rings (SSSR count). The van der Waals surface area contributed by atoms with Gasteiger partial charge >= 0.3 is 0 Å². The average molecular weight is 416 g/mol. The van der Waals surface area contributed by atoms with Gasteiger partial charge in [-0.05, 0) is 38.1 Å². The zero-order valence-corrected chi connectivity index (χ0v) is 17.6. The van der Waals surface area contributed by atoms with Gasteiger partial charge in [0.2, 0.25) is 10.0 Å². The number of hydrogen-bond donors (Lipinski definition) is 0. The van der Waals surface area contributed by atoms with Crippen molar-refractivity contribution in [2.75, 3.05) is 33.3 Å². The van der Waals surface area contributed by atoms with E-state index in [4.69, 9.17) is 14.5 Å². The Hall–Kier alpha value is -2.58. The van der Waals surface area contributed by atoms with Crippen LogP contribution in [0.3, 0.4) is 0 Å². The second-order valence-corrected chi connectivity index (χ2v) is 9.84. The molecular weight excluding hydrogens is 390 g/mol. The number of hydrogen-bond acceptors (Lipinski definition) is 6. The molecule has 1 saturated heterocycles. The highest BCUT2D eigenvalue weighted by molar-refractivity contribution is 7.89. The minimum atomic E-state index is -3.25. The van der Waals surface area contributed by atoms with Crippen molar-refractivity contribution in [2.24, 2.45) is 4.99 Å². The topological polar surface area (TPSA) is 71.4 Å². The van der Waals surface area contributed by atoms with Crippen LogP contribution < -0.4 is 9.47 Å². The fourth-order valence-electron chi connectivity index (χ4n) is 3.52. The number of piperazine rings is 1. The minimum absolute atomic E-state index is 0.419. The van der Waals surface area contributed by atoms with Gasteiger partial charge in [-0.1, -0.05) is 12.1 Å². The molecule has 2 aliphatic heterocycles. The Balaban J connectivity index is 1.69. The predicted molar refractivity (Wildman–Crippen MR) is 113 cm³/mol.